The predicted octanol–water partition coefficient (Wildman–Crippen LogP) is 4.25. The number of nitrogens with zero attached hydrogens (tertiary/aromatic N) is 1. The van der Waals surface area contributed by atoms with Crippen molar-refractivity contribution >= 4 is 32.7 Å². The lowest BCUT2D eigenvalue weighted by molar-refractivity contribution is -0.148. The molecule has 124 valence electrons. The summed E-state index contributed by atoms with van der Waals surface area (Å²) in [5.41, 5.74) is 2.38. The van der Waals surface area contributed by atoms with E-state index in [1.54, 1.807) is 11.3 Å². The maximum atomic E-state index is 11.9. The number of benzene rings is 1. The lowest BCUT2D eigenvalue weighted by atomic mass is 9.79. The summed E-state index contributed by atoms with van der Waals surface area (Å²) in [4.78, 5) is 16.6. The van der Waals surface area contributed by atoms with Crippen LogP contribution in [0.2, 0.25) is 0 Å². The number of methoxy groups -OCH3 is 1. The topological polar surface area (TPSA) is 51.2 Å². The molecule has 1 fully saturated rings. The fourth-order valence-corrected chi connectivity index (χ4v) is 4.33. The first-order chi connectivity index (χ1) is 11.2. The number of nitrogens with one attached hydrogen (secondary N) is 1. The van der Waals surface area contributed by atoms with Gasteiger partial charge in [-0.15, -0.1) is 0 Å². The van der Waals surface area contributed by atoms with Crippen LogP contribution in [0, 0.1) is 11.8 Å². The number of thiazole rings is 1. The average molecular weight is 332 g/mol. The van der Waals surface area contributed by atoms with Crippen molar-refractivity contribution in [3.63, 3.8) is 0 Å². The van der Waals surface area contributed by atoms with E-state index in [-0.39, 0.29) is 11.9 Å². The Hall–Kier alpha value is -1.62. The zero-order chi connectivity index (χ0) is 16.2. The Morgan fingerprint density at radius 1 is 1.39 bits per heavy atom. The normalized spacial score (nSPS) is 21.3. The molecule has 4 nitrogen and oxygen atoms in total. The Kier molecular flexibility index (Phi) is 5.16. The number of carbonyl (C=O) groups is 1. The molecule has 1 aliphatic carbocycles. The highest BCUT2D eigenvalue weighted by atomic mass is 32.1. The maximum Gasteiger partial charge on any atom is 0.309 e. The number of hydrogen-bond donors (Lipinski definition) is 1. The van der Waals surface area contributed by atoms with Crippen molar-refractivity contribution < 1.29 is 9.53 Å². The van der Waals surface area contributed by atoms with Crippen LogP contribution in [0.15, 0.2) is 18.2 Å². The van der Waals surface area contributed by atoms with Crippen LogP contribution in [-0.4, -0.2) is 24.6 Å². The minimum atomic E-state index is -0.0617. The molecule has 0 amide bonds. The minimum Gasteiger partial charge on any atom is -0.469 e. The second-order valence-corrected chi connectivity index (χ2v) is 7.26. The van der Waals surface area contributed by atoms with Gasteiger partial charge in [0.2, 0.25) is 0 Å². The summed E-state index contributed by atoms with van der Waals surface area (Å²) >= 11 is 1.69. The van der Waals surface area contributed by atoms with Crippen molar-refractivity contribution in [2.45, 2.75) is 39.0 Å². The van der Waals surface area contributed by atoms with Gasteiger partial charge < -0.3 is 10.1 Å². The number of aromatic nitrogens is 1. The van der Waals surface area contributed by atoms with E-state index >= 15 is 0 Å². The molecular formula is C18H24N2O2S. The molecule has 5 heteroatoms. The van der Waals surface area contributed by atoms with Gasteiger partial charge in [0.15, 0.2) is 5.13 Å². The summed E-state index contributed by atoms with van der Waals surface area (Å²) in [6.07, 6.45) is 5.38. The number of aryl methyl sites for hydroxylation is 1. The summed E-state index contributed by atoms with van der Waals surface area (Å²) in [5, 5.41) is 4.40. The molecule has 0 saturated heterocycles. The fourth-order valence-electron chi connectivity index (χ4n) is 3.40. The number of esters is 1. The van der Waals surface area contributed by atoms with E-state index in [0.717, 1.165) is 42.9 Å². The van der Waals surface area contributed by atoms with Gasteiger partial charge in [-0.25, -0.2) is 4.98 Å². The monoisotopic (exact) mass is 332 g/mol. The van der Waals surface area contributed by atoms with Crippen LogP contribution in [0.1, 0.15) is 38.2 Å². The van der Waals surface area contributed by atoms with Crippen molar-refractivity contribution in [1.29, 1.82) is 0 Å². The summed E-state index contributed by atoms with van der Waals surface area (Å²) < 4.78 is 6.19. The second kappa shape index (κ2) is 7.30. The molecule has 3 rings (SSSR count). The molecule has 1 saturated carbocycles. The van der Waals surface area contributed by atoms with E-state index in [4.69, 9.17) is 4.74 Å². The van der Waals surface area contributed by atoms with E-state index in [1.807, 2.05) is 0 Å². The summed E-state index contributed by atoms with van der Waals surface area (Å²) in [6.45, 7) is 2.96. The quantitative estimate of drug-likeness (QED) is 0.832. The van der Waals surface area contributed by atoms with E-state index in [2.05, 4.69) is 35.4 Å². The Balaban J connectivity index is 1.68. The first-order valence-corrected chi connectivity index (χ1v) is 9.24. The molecule has 1 aromatic carbocycles. The van der Waals surface area contributed by atoms with Crippen LogP contribution < -0.4 is 5.32 Å². The molecule has 0 aliphatic heterocycles. The van der Waals surface area contributed by atoms with Crippen LogP contribution in [0.3, 0.4) is 0 Å². The first kappa shape index (κ1) is 16.2. The Morgan fingerprint density at radius 3 is 3.00 bits per heavy atom. The van der Waals surface area contributed by atoms with Crippen LogP contribution in [0.4, 0.5) is 5.13 Å². The zero-order valence-electron chi connectivity index (χ0n) is 13.8. The third-order valence-corrected chi connectivity index (χ3v) is 5.77. The third kappa shape index (κ3) is 3.66. The predicted molar refractivity (Wildman–Crippen MR) is 95.0 cm³/mol. The SMILES string of the molecule is CCc1ccc2nc(NCC3CCCCC3C(=O)OC)sc2c1. The van der Waals surface area contributed by atoms with E-state index in [1.165, 1.54) is 23.8 Å². The summed E-state index contributed by atoms with van der Waals surface area (Å²) in [7, 11) is 1.49. The summed E-state index contributed by atoms with van der Waals surface area (Å²) in [5.74, 6) is 0.310. The largest absolute Gasteiger partial charge is 0.469 e. The second-order valence-electron chi connectivity index (χ2n) is 6.23. The van der Waals surface area contributed by atoms with Gasteiger partial charge in [0, 0.05) is 6.54 Å². The maximum absolute atomic E-state index is 11.9. The number of ether oxygens (including phenoxy) is 1. The van der Waals surface area contributed by atoms with E-state index in [0.29, 0.717) is 5.92 Å². The summed E-state index contributed by atoms with van der Waals surface area (Å²) in [6, 6.07) is 6.45. The van der Waals surface area contributed by atoms with Crippen molar-refractivity contribution in [3.8, 4) is 0 Å². The van der Waals surface area contributed by atoms with Gasteiger partial charge in [0.05, 0.1) is 23.2 Å². The number of anilines is 1. The van der Waals surface area contributed by atoms with Gasteiger partial charge in [-0.3, -0.25) is 4.79 Å². The minimum absolute atomic E-state index is 0.0299. The lowest BCUT2D eigenvalue weighted by Gasteiger charge is -2.29. The number of hydrogen-bond acceptors (Lipinski definition) is 5. The van der Waals surface area contributed by atoms with Crippen molar-refractivity contribution in [1.82, 2.24) is 4.98 Å². The number of fused-ring (bicyclic) bond motifs is 1. The van der Waals surface area contributed by atoms with Gasteiger partial charge in [0.25, 0.3) is 0 Å². The smallest absolute Gasteiger partial charge is 0.309 e. The Labute approximate surface area is 141 Å². The van der Waals surface area contributed by atoms with Gasteiger partial charge in [-0.1, -0.05) is 37.2 Å². The zero-order valence-corrected chi connectivity index (χ0v) is 14.6. The van der Waals surface area contributed by atoms with Crippen LogP contribution in [-0.2, 0) is 16.0 Å². The highest BCUT2D eigenvalue weighted by Gasteiger charge is 2.31. The molecule has 0 spiro atoms. The van der Waals surface area contributed by atoms with Gasteiger partial charge in [0.1, 0.15) is 0 Å². The molecule has 0 radical (unpaired) electrons. The average Bonchev–Trinajstić information content (AvgIpc) is 3.01. The highest BCUT2D eigenvalue weighted by molar-refractivity contribution is 7.22. The number of carbonyl (C=O) groups excluding carboxylic acids is 1. The number of rotatable bonds is 5. The van der Waals surface area contributed by atoms with Crippen molar-refractivity contribution in [3.05, 3.63) is 23.8 Å². The van der Waals surface area contributed by atoms with Crippen molar-refractivity contribution in [2.24, 2.45) is 11.8 Å². The molecule has 2 aromatic rings. The van der Waals surface area contributed by atoms with Crippen molar-refractivity contribution in [2.75, 3.05) is 19.0 Å². The van der Waals surface area contributed by atoms with Crippen LogP contribution in [0.5, 0.6) is 0 Å². The van der Waals surface area contributed by atoms with E-state index in [9.17, 15) is 4.79 Å². The molecule has 1 N–H and O–H groups in total. The first-order valence-electron chi connectivity index (χ1n) is 8.42. The highest BCUT2D eigenvalue weighted by Crippen LogP contribution is 2.32. The molecule has 2 atom stereocenters. The van der Waals surface area contributed by atoms with Gasteiger partial charge >= 0.3 is 5.97 Å². The van der Waals surface area contributed by atoms with Gasteiger partial charge in [-0.2, -0.15) is 0 Å². The molecule has 0 bridgehead atoms. The fraction of sp³-hybridized carbons (Fsp3) is 0.556. The van der Waals surface area contributed by atoms with E-state index < -0.39 is 0 Å². The molecule has 1 aliphatic rings. The van der Waals surface area contributed by atoms with Crippen LogP contribution in [0.25, 0.3) is 10.2 Å². The Morgan fingerprint density at radius 2 is 2.22 bits per heavy atom. The molecule has 1 heterocycles. The third-order valence-electron chi connectivity index (χ3n) is 4.79. The Bertz CT molecular complexity index is 683. The molecule has 23 heavy (non-hydrogen) atoms. The molecule has 1 aromatic heterocycles. The lowest BCUT2D eigenvalue weighted by Crippen LogP contribution is -2.32. The molecule has 2 unspecified atom stereocenters. The van der Waals surface area contributed by atoms with Gasteiger partial charge in [-0.05, 0) is 42.9 Å². The molecular weight excluding hydrogens is 308 g/mol. The van der Waals surface area contributed by atoms with Crippen LogP contribution >= 0.6 is 11.3 Å². The standard InChI is InChI=1S/C18H24N2O2S/c1-3-12-8-9-15-16(10-12)23-18(20-15)19-11-13-6-4-5-7-14(13)17(21)22-2/h8-10,13-14H,3-7,11H2,1-2H3,(H,19,20).